The first kappa shape index (κ1) is 13.4. The summed E-state index contributed by atoms with van der Waals surface area (Å²) in [6, 6.07) is 8.81. The first-order valence-electron chi connectivity index (χ1n) is 7.67. The summed E-state index contributed by atoms with van der Waals surface area (Å²) in [7, 11) is 0. The van der Waals surface area contributed by atoms with Crippen LogP contribution in [-0.4, -0.2) is 22.9 Å². The van der Waals surface area contributed by atoms with E-state index < -0.39 is 0 Å². The molecule has 0 amide bonds. The highest BCUT2D eigenvalue weighted by Gasteiger charge is 2.14. The number of benzene rings is 1. The Labute approximate surface area is 121 Å². The van der Waals surface area contributed by atoms with Crippen LogP contribution in [0.3, 0.4) is 0 Å². The standard InChI is InChI=1S/C17H23N3/c1-2-14-3-5-16(6-4-14)17-11-19-20(13-17)12-15-7-9-18-10-8-15/h3-6,11,13,15,18H,2,7-10,12H2,1H3. The molecule has 0 saturated carbocycles. The third-order valence-corrected chi connectivity index (χ3v) is 4.23. The van der Waals surface area contributed by atoms with E-state index in [0.717, 1.165) is 32.0 Å². The molecule has 1 N–H and O–H groups in total. The van der Waals surface area contributed by atoms with Gasteiger partial charge in [0.25, 0.3) is 0 Å². The fourth-order valence-electron chi connectivity index (χ4n) is 2.87. The van der Waals surface area contributed by atoms with Crippen LogP contribution in [0, 0.1) is 5.92 Å². The molecular weight excluding hydrogens is 246 g/mol. The lowest BCUT2D eigenvalue weighted by atomic mass is 9.98. The summed E-state index contributed by atoms with van der Waals surface area (Å²) in [6.07, 6.45) is 7.79. The number of hydrogen-bond donors (Lipinski definition) is 1. The van der Waals surface area contributed by atoms with Crippen molar-refractivity contribution in [2.24, 2.45) is 5.92 Å². The predicted molar refractivity (Wildman–Crippen MR) is 82.6 cm³/mol. The molecule has 20 heavy (non-hydrogen) atoms. The van der Waals surface area contributed by atoms with Gasteiger partial charge in [0.15, 0.2) is 0 Å². The molecule has 1 aliphatic rings. The summed E-state index contributed by atoms with van der Waals surface area (Å²) in [5.74, 6) is 0.770. The molecule has 0 aliphatic carbocycles. The highest BCUT2D eigenvalue weighted by Crippen LogP contribution is 2.21. The third-order valence-electron chi connectivity index (χ3n) is 4.23. The van der Waals surface area contributed by atoms with Gasteiger partial charge in [-0.1, -0.05) is 31.2 Å². The molecule has 1 fully saturated rings. The van der Waals surface area contributed by atoms with E-state index in [0.29, 0.717) is 0 Å². The van der Waals surface area contributed by atoms with Crippen molar-refractivity contribution in [3.05, 3.63) is 42.2 Å². The molecule has 106 valence electrons. The van der Waals surface area contributed by atoms with Crippen LogP contribution in [0.5, 0.6) is 0 Å². The van der Waals surface area contributed by atoms with Crippen LogP contribution in [0.15, 0.2) is 36.7 Å². The molecular formula is C17H23N3. The Hall–Kier alpha value is -1.61. The van der Waals surface area contributed by atoms with Crippen LogP contribution < -0.4 is 5.32 Å². The van der Waals surface area contributed by atoms with Gasteiger partial charge in [-0.25, -0.2) is 0 Å². The zero-order valence-corrected chi connectivity index (χ0v) is 12.2. The van der Waals surface area contributed by atoms with E-state index in [-0.39, 0.29) is 0 Å². The number of nitrogens with one attached hydrogen (secondary N) is 1. The van der Waals surface area contributed by atoms with Gasteiger partial charge in [0.2, 0.25) is 0 Å². The molecule has 2 heterocycles. The van der Waals surface area contributed by atoms with Crippen molar-refractivity contribution in [1.82, 2.24) is 15.1 Å². The maximum absolute atomic E-state index is 4.53. The molecule has 0 spiro atoms. The second-order valence-corrected chi connectivity index (χ2v) is 5.69. The van der Waals surface area contributed by atoms with Crippen molar-refractivity contribution >= 4 is 0 Å². The summed E-state index contributed by atoms with van der Waals surface area (Å²) < 4.78 is 2.11. The van der Waals surface area contributed by atoms with E-state index >= 15 is 0 Å². The van der Waals surface area contributed by atoms with E-state index in [1.165, 1.54) is 29.5 Å². The van der Waals surface area contributed by atoms with Crippen molar-refractivity contribution in [2.75, 3.05) is 13.1 Å². The SMILES string of the molecule is CCc1ccc(-c2cnn(CC3CCNCC3)c2)cc1. The number of hydrogen-bond acceptors (Lipinski definition) is 2. The van der Waals surface area contributed by atoms with Crippen molar-refractivity contribution in [3.8, 4) is 11.1 Å². The molecule has 0 bridgehead atoms. The number of nitrogens with zero attached hydrogens (tertiary/aromatic N) is 2. The average Bonchev–Trinajstić information content (AvgIpc) is 2.97. The van der Waals surface area contributed by atoms with E-state index in [1.807, 2.05) is 6.20 Å². The monoisotopic (exact) mass is 269 g/mol. The van der Waals surface area contributed by atoms with Gasteiger partial charge in [0, 0.05) is 18.3 Å². The van der Waals surface area contributed by atoms with E-state index in [2.05, 4.69) is 52.5 Å². The zero-order chi connectivity index (χ0) is 13.8. The molecule has 2 aromatic rings. The Morgan fingerprint density at radius 3 is 2.60 bits per heavy atom. The first-order valence-corrected chi connectivity index (χ1v) is 7.67. The normalized spacial score (nSPS) is 16.4. The minimum absolute atomic E-state index is 0.770. The molecule has 1 aromatic carbocycles. The van der Waals surface area contributed by atoms with Gasteiger partial charge < -0.3 is 5.32 Å². The molecule has 0 radical (unpaired) electrons. The Kier molecular flexibility index (Phi) is 4.16. The Morgan fingerprint density at radius 2 is 1.90 bits per heavy atom. The molecule has 0 unspecified atom stereocenters. The molecule has 1 saturated heterocycles. The Bertz CT molecular complexity index is 536. The largest absolute Gasteiger partial charge is 0.317 e. The average molecular weight is 269 g/mol. The maximum Gasteiger partial charge on any atom is 0.0568 e. The van der Waals surface area contributed by atoms with Gasteiger partial charge in [0.05, 0.1) is 6.20 Å². The summed E-state index contributed by atoms with van der Waals surface area (Å²) in [4.78, 5) is 0. The smallest absolute Gasteiger partial charge is 0.0568 e. The zero-order valence-electron chi connectivity index (χ0n) is 12.2. The lowest BCUT2D eigenvalue weighted by Crippen LogP contribution is -2.29. The summed E-state index contributed by atoms with van der Waals surface area (Å²) in [5.41, 5.74) is 3.87. The minimum Gasteiger partial charge on any atom is -0.317 e. The van der Waals surface area contributed by atoms with E-state index in [1.54, 1.807) is 0 Å². The molecule has 3 rings (SSSR count). The van der Waals surface area contributed by atoms with Gasteiger partial charge in [-0.3, -0.25) is 4.68 Å². The summed E-state index contributed by atoms with van der Waals surface area (Å²) >= 11 is 0. The Balaban J connectivity index is 1.68. The van der Waals surface area contributed by atoms with Crippen LogP contribution in [0.2, 0.25) is 0 Å². The highest BCUT2D eigenvalue weighted by atomic mass is 15.3. The van der Waals surface area contributed by atoms with Crippen LogP contribution in [0.25, 0.3) is 11.1 Å². The van der Waals surface area contributed by atoms with Crippen molar-refractivity contribution in [3.63, 3.8) is 0 Å². The first-order chi connectivity index (χ1) is 9.85. The maximum atomic E-state index is 4.53. The quantitative estimate of drug-likeness (QED) is 0.924. The van der Waals surface area contributed by atoms with Crippen LogP contribution >= 0.6 is 0 Å². The van der Waals surface area contributed by atoms with Gasteiger partial charge >= 0.3 is 0 Å². The fourth-order valence-corrected chi connectivity index (χ4v) is 2.87. The van der Waals surface area contributed by atoms with E-state index in [4.69, 9.17) is 0 Å². The second-order valence-electron chi connectivity index (χ2n) is 5.69. The van der Waals surface area contributed by atoms with Crippen LogP contribution in [0.4, 0.5) is 0 Å². The fraction of sp³-hybridized carbons (Fsp3) is 0.471. The van der Waals surface area contributed by atoms with Crippen molar-refractivity contribution in [1.29, 1.82) is 0 Å². The molecule has 3 heteroatoms. The second kappa shape index (κ2) is 6.23. The summed E-state index contributed by atoms with van der Waals surface area (Å²) in [6.45, 7) is 5.54. The van der Waals surface area contributed by atoms with Gasteiger partial charge in [-0.05, 0) is 49.4 Å². The predicted octanol–water partition coefficient (Wildman–Crippen LogP) is 3.11. The number of rotatable bonds is 4. The molecule has 1 aromatic heterocycles. The minimum atomic E-state index is 0.770. The van der Waals surface area contributed by atoms with Crippen LogP contribution in [0.1, 0.15) is 25.3 Å². The number of piperidine rings is 1. The van der Waals surface area contributed by atoms with Crippen molar-refractivity contribution in [2.45, 2.75) is 32.7 Å². The molecule has 1 aliphatic heterocycles. The molecule has 0 atom stereocenters. The van der Waals surface area contributed by atoms with Gasteiger partial charge in [-0.15, -0.1) is 0 Å². The lowest BCUT2D eigenvalue weighted by Gasteiger charge is -2.22. The van der Waals surface area contributed by atoms with Gasteiger partial charge in [-0.2, -0.15) is 5.10 Å². The summed E-state index contributed by atoms with van der Waals surface area (Å²) in [5, 5.41) is 7.94. The Morgan fingerprint density at radius 1 is 1.15 bits per heavy atom. The number of aromatic nitrogens is 2. The highest BCUT2D eigenvalue weighted by molar-refractivity contribution is 5.61. The number of aryl methyl sites for hydroxylation is 1. The van der Waals surface area contributed by atoms with Crippen LogP contribution in [-0.2, 0) is 13.0 Å². The third kappa shape index (κ3) is 3.10. The lowest BCUT2D eigenvalue weighted by molar-refractivity contribution is 0.321. The molecule has 3 nitrogen and oxygen atoms in total. The van der Waals surface area contributed by atoms with Crippen molar-refractivity contribution < 1.29 is 0 Å². The van der Waals surface area contributed by atoms with Gasteiger partial charge in [0.1, 0.15) is 0 Å². The van der Waals surface area contributed by atoms with E-state index in [9.17, 15) is 0 Å². The topological polar surface area (TPSA) is 29.9 Å².